The highest BCUT2D eigenvalue weighted by atomic mass is 19.1. The zero-order valence-electron chi connectivity index (χ0n) is 14.8. The van der Waals surface area contributed by atoms with E-state index >= 15 is 0 Å². The van der Waals surface area contributed by atoms with Gasteiger partial charge in [-0.25, -0.2) is 8.78 Å². The summed E-state index contributed by atoms with van der Waals surface area (Å²) in [5, 5.41) is 10.5. The average Bonchev–Trinajstić information content (AvgIpc) is 2.67. The number of hydrogen-bond acceptors (Lipinski definition) is 1. The van der Waals surface area contributed by atoms with Gasteiger partial charge in [0.05, 0.1) is 6.10 Å². The van der Waals surface area contributed by atoms with E-state index in [0.29, 0.717) is 16.7 Å². The van der Waals surface area contributed by atoms with Gasteiger partial charge in [0.1, 0.15) is 11.6 Å². The van der Waals surface area contributed by atoms with E-state index < -0.39 is 6.10 Å². The van der Waals surface area contributed by atoms with Crippen LogP contribution < -0.4 is 0 Å². The Morgan fingerprint density at radius 2 is 1.41 bits per heavy atom. The summed E-state index contributed by atoms with van der Waals surface area (Å²) in [7, 11) is 0. The van der Waals surface area contributed by atoms with E-state index in [0.717, 1.165) is 11.1 Å². The Labute approximate surface area is 157 Å². The molecule has 3 heteroatoms. The van der Waals surface area contributed by atoms with E-state index in [9.17, 15) is 13.9 Å². The van der Waals surface area contributed by atoms with Crippen molar-refractivity contribution < 1.29 is 13.9 Å². The third-order valence-electron chi connectivity index (χ3n) is 4.08. The highest BCUT2D eigenvalue weighted by molar-refractivity contribution is 5.80. The fourth-order valence-corrected chi connectivity index (χ4v) is 2.53. The van der Waals surface area contributed by atoms with Crippen molar-refractivity contribution in [1.29, 1.82) is 0 Å². The molecule has 3 aromatic rings. The standard InChI is InChI=1S/C24H18F2O/c1-17-2-7-19(8-3-17)21(9-4-18-5-12-22(25)13-6-18)16-24(27)20-10-14-23(26)15-11-20/h2-3,5-8,10-16,24,27H,1H3/b21-16+. The van der Waals surface area contributed by atoms with Crippen LogP contribution in [0.4, 0.5) is 8.78 Å². The molecule has 0 heterocycles. The molecule has 0 bridgehead atoms. The van der Waals surface area contributed by atoms with Crippen molar-refractivity contribution in [3.05, 3.63) is 113 Å². The minimum atomic E-state index is -0.926. The number of benzene rings is 3. The van der Waals surface area contributed by atoms with Gasteiger partial charge < -0.3 is 5.11 Å². The molecule has 1 atom stereocenters. The third kappa shape index (κ3) is 5.13. The minimum absolute atomic E-state index is 0.318. The molecule has 0 saturated heterocycles. The molecule has 27 heavy (non-hydrogen) atoms. The highest BCUT2D eigenvalue weighted by Gasteiger charge is 2.07. The maximum absolute atomic E-state index is 13.1. The van der Waals surface area contributed by atoms with Crippen LogP contribution >= 0.6 is 0 Å². The molecule has 0 aromatic heterocycles. The largest absolute Gasteiger partial charge is 0.384 e. The van der Waals surface area contributed by atoms with Gasteiger partial charge in [0.2, 0.25) is 0 Å². The fraction of sp³-hybridized carbons (Fsp3) is 0.0833. The molecular weight excluding hydrogens is 342 g/mol. The number of rotatable bonds is 3. The summed E-state index contributed by atoms with van der Waals surface area (Å²) in [5.74, 6) is 5.38. The first-order valence-corrected chi connectivity index (χ1v) is 8.51. The van der Waals surface area contributed by atoms with Crippen molar-refractivity contribution in [2.45, 2.75) is 13.0 Å². The Hall–Kier alpha value is -3.22. The molecule has 0 saturated carbocycles. The Balaban J connectivity index is 1.98. The molecule has 0 aliphatic heterocycles. The molecule has 1 nitrogen and oxygen atoms in total. The van der Waals surface area contributed by atoms with Crippen molar-refractivity contribution >= 4 is 5.57 Å². The number of aryl methyl sites for hydroxylation is 1. The van der Waals surface area contributed by atoms with Crippen LogP contribution in [0.2, 0.25) is 0 Å². The van der Waals surface area contributed by atoms with Crippen molar-refractivity contribution in [3.63, 3.8) is 0 Å². The van der Waals surface area contributed by atoms with Crippen LogP contribution in [0.5, 0.6) is 0 Å². The van der Waals surface area contributed by atoms with E-state index in [-0.39, 0.29) is 11.6 Å². The molecule has 1 N–H and O–H groups in total. The first-order valence-electron chi connectivity index (χ1n) is 8.51. The summed E-state index contributed by atoms with van der Waals surface area (Å²) in [4.78, 5) is 0. The van der Waals surface area contributed by atoms with Gasteiger partial charge in [-0.05, 0) is 60.5 Å². The zero-order valence-corrected chi connectivity index (χ0v) is 14.8. The summed E-state index contributed by atoms with van der Waals surface area (Å²) in [6, 6.07) is 19.4. The zero-order chi connectivity index (χ0) is 19.2. The summed E-state index contributed by atoms with van der Waals surface area (Å²) in [5.41, 5.74) is 3.85. The summed E-state index contributed by atoms with van der Waals surface area (Å²) >= 11 is 0. The smallest absolute Gasteiger partial charge is 0.123 e. The van der Waals surface area contributed by atoms with Crippen LogP contribution in [-0.4, -0.2) is 5.11 Å². The Kier molecular flexibility index (Phi) is 5.80. The first-order chi connectivity index (χ1) is 13.0. The normalized spacial score (nSPS) is 12.2. The SMILES string of the molecule is Cc1ccc(/C(C#Cc2ccc(F)cc2)=C/C(O)c2ccc(F)cc2)cc1. The minimum Gasteiger partial charge on any atom is -0.384 e. The van der Waals surface area contributed by atoms with Gasteiger partial charge in [-0.2, -0.15) is 0 Å². The van der Waals surface area contributed by atoms with Crippen LogP contribution in [0.25, 0.3) is 5.57 Å². The van der Waals surface area contributed by atoms with Crippen molar-refractivity contribution in [2.24, 2.45) is 0 Å². The summed E-state index contributed by atoms with van der Waals surface area (Å²) in [6.45, 7) is 1.99. The summed E-state index contributed by atoms with van der Waals surface area (Å²) < 4.78 is 26.2. The maximum Gasteiger partial charge on any atom is 0.123 e. The monoisotopic (exact) mass is 360 g/mol. The predicted molar refractivity (Wildman–Crippen MR) is 104 cm³/mol. The van der Waals surface area contributed by atoms with E-state index in [2.05, 4.69) is 11.8 Å². The number of halogens is 2. The molecule has 1 unspecified atom stereocenters. The van der Waals surface area contributed by atoms with Crippen LogP contribution in [0.3, 0.4) is 0 Å². The Bertz CT molecular complexity index is 989. The van der Waals surface area contributed by atoms with Gasteiger partial charge in [-0.3, -0.25) is 0 Å². The van der Waals surface area contributed by atoms with Gasteiger partial charge in [0.15, 0.2) is 0 Å². The number of hydrogen-bond donors (Lipinski definition) is 1. The van der Waals surface area contributed by atoms with Crippen molar-refractivity contribution in [3.8, 4) is 11.8 Å². The Morgan fingerprint density at radius 3 is 2.00 bits per heavy atom. The molecule has 3 rings (SSSR count). The molecule has 0 aliphatic rings. The number of allylic oxidation sites excluding steroid dienone is 1. The lowest BCUT2D eigenvalue weighted by molar-refractivity contribution is 0.229. The lowest BCUT2D eigenvalue weighted by atomic mass is 10.00. The third-order valence-corrected chi connectivity index (χ3v) is 4.08. The molecule has 0 fully saturated rings. The van der Waals surface area contributed by atoms with E-state index in [4.69, 9.17) is 0 Å². The number of aliphatic hydroxyl groups is 1. The van der Waals surface area contributed by atoms with E-state index in [1.54, 1.807) is 18.2 Å². The fourth-order valence-electron chi connectivity index (χ4n) is 2.53. The Morgan fingerprint density at radius 1 is 0.852 bits per heavy atom. The second-order valence-electron chi connectivity index (χ2n) is 6.20. The second kappa shape index (κ2) is 8.44. The predicted octanol–water partition coefficient (Wildman–Crippen LogP) is 5.44. The van der Waals surface area contributed by atoms with Crippen LogP contribution in [0.15, 0.2) is 78.9 Å². The second-order valence-corrected chi connectivity index (χ2v) is 6.20. The molecule has 3 aromatic carbocycles. The first kappa shape index (κ1) is 18.6. The van der Waals surface area contributed by atoms with Gasteiger partial charge in [-0.1, -0.05) is 53.8 Å². The quantitative estimate of drug-likeness (QED) is 0.617. The molecule has 0 spiro atoms. The van der Waals surface area contributed by atoms with E-state index in [1.165, 1.54) is 36.4 Å². The summed E-state index contributed by atoms with van der Waals surface area (Å²) in [6.07, 6.45) is 0.707. The number of aliphatic hydroxyl groups excluding tert-OH is 1. The van der Waals surface area contributed by atoms with Crippen molar-refractivity contribution in [2.75, 3.05) is 0 Å². The van der Waals surface area contributed by atoms with Gasteiger partial charge in [-0.15, -0.1) is 0 Å². The molecule has 0 aliphatic carbocycles. The molecule has 0 radical (unpaired) electrons. The lowest BCUT2D eigenvalue weighted by Gasteiger charge is -2.09. The maximum atomic E-state index is 13.1. The van der Waals surface area contributed by atoms with Gasteiger partial charge >= 0.3 is 0 Å². The molecular formula is C24H18F2O. The van der Waals surface area contributed by atoms with Gasteiger partial charge in [0, 0.05) is 11.1 Å². The topological polar surface area (TPSA) is 20.2 Å². The average molecular weight is 360 g/mol. The van der Waals surface area contributed by atoms with Crippen LogP contribution in [0.1, 0.15) is 28.4 Å². The van der Waals surface area contributed by atoms with Gasteiger partial charge in [0.25, 0.3) is 0 Å². The lowest BCUT2D eigenvalue weighted by Crippen LogP contribution is -1.95. The van der Waals surface area contributed by atoms with E-state index in [1.807, 2.05) is 31.2 Å². The van der Waals surface area contributed by atoms with Crippen LogP contribution in [0, 0.1) is 30.4 Å². The van der Waals surface area contributed by atoms with Crippen LogP contribution in [-0.2, 0) is 0 Å². The highest BCUT2D eigenvalue weighted by Crippen LogP contribution is 2.22. The molecule has 134 valence electrons. The molecule has 0 amide bonds. The van der Waals surface area contributed by atoms with Crippen molar-refractivity contribution in [1.82, 2.24) is 0 Å².